The third kappa shape index (κ3) is 4.36. The van der Waals surface area contributed by atoms with Crippen LogP contribution in [0.2, 0.25) is 0 Å². The molecule has 4 aromatic rings. The number of methoxy groups -OCH3 is 1. The van der Waals surface area contributed by atoms with Crippen LogP contribution in [-0.4, -0.2) is 31.9 Å². The molecule has 32 heavy (non-hydrogen) atoms. The predicted octanol–water partition coefficient (Wildman–Crippen LogP) is 4.18. The first-order valence-electron chi connectivity index (χ1n) is 9.60. The molecule has 1 unspecified atom stereocenters. The van der Waals surface area contributed by atoms with Gasteiger partial charge in [-0.1, -0.05) is 17.3 Å². The van der Waals surface area contributed by atoms with Gasteiger partial charge in [-0.3, -0.25) is 4.79 Å². The molecule has 0 bridgehead atoms. The van der Waals surface area contributed by atoms with E-state index in [1.54, 1.807) is 49.4 Å². The lowest BCUT2D eigenvalue weighted by atomic mass is 10.0. The second kappa shape index (κ2) is 9.25. The normalized spacial score (nSPS) is 11.9. The third-order valence-corrected chi connectivity index (χ3v) is 5.28. The van der Waals surface area contributed by atoms with Gasteiger partial charge in [0.25, 0.3) is 0 Å². The van der Waals surface area contributed by atoms with Crippen molar-refractivity contribution in [1.82, 2.24) is 13.9 Å². The van der Waals surface area contributed by atoms with E-state index < -0.39 is 17.6 Å². The summed E-state index contributed by atoms with van der Waals surface area (Å²) in [4.78, 5) is 13.6. The Labute approximate surface area is 187 Å². The number of ketones is 1. The number of nitrogens with one attached hydrogen (secondary N) is 1. The summed E-state index contributed by atoms with van der Waals surface area (Å²) in [6.45, 7) is 1.50. The molecule has 0 radical (unpaired) electrons. The average molecular weight is 454 g/mol. The number of nitrogens with zero attached hydrogens (tertiary/aromatic N) is 3. The molecule has 0 saturated carbocycles. The minimum atomic E-state index is -1.000. The van der Waals surface area contributed by atoms with E-state index in [1.807, 2.05) is 0 Å². The molecule has 0 saturated heterocycles. The molecule has 1 atom stereocenters. The highest BCUT2D eigenvalue weighted by molar-refractivity contribution is 6.99. The van der Waals surface area contributed by atoms with Crippen molar-refractivity contribution in [3.05, 3.63) is 77.1 Å². The van der Waals surface area contributed by atoms with Crippen molar-refractivity contribution < 1.29 is 23.6 Å². The second-order valence-electron chi connectivity index (χ2n) is 6.97. The fraction of sp³-hybridized carbons (Fsp3) is 0.182. The Hall–Kier alpha value is -3.63. The number of carbonyl (C=O) groups excluding carboxylic acids is 1. The predicted molar refractivity (Wildman–Crippen MR) is 116 cm³/mol. The molecular weight excluding hydrogens is 435 g/mol. The van der Waals surface area contributed by atoms with Gasteiger partial charge in [0.2, 0.25) is 5.78 Å². The van der Waals surface area contributed by atoms with E-state index in [9.17, 15) is 14.3 Å². The molecule has 0 aliphatic carbocycles. The van der Waals surface area contributed by atoms with Gasteiger partial charge < -0.3 is 19.7 Å². The molecule has 0 amide bonds. The van der Waals surface area contributed by atoms with Crippen LogP contribution >= 0.6 is 11.7 Å². The fourth-order valence-electron chi connectivity index (χ4n) is 3.23. The lowest BCUT2D eigenvalue weighted by Crippen LogP contribution is -2.23. The molecule has 2 N–H and O–H groups in total. The van der Waals surface area contributed by atoms with E-state index in [1.165, 1.54) is 13.2 Å². The quantitative estimate of drug-likeness (QED) is 0.382. The van der Waals surface area contributed by atoms with E-state index in [2.05, 4.69) is 19.2 Å². The molecule has 164 valence electrons. The molecule has 0 aliphatic rings. The van der Waals surface area contributed by atoms with E-state index in [0.29, 0.717) is 28.5 Å². The van der Waals surface area contributed by atoms with Crippen molar-refractivity contribution in [1.29, 1.82) is 0 Å². The van der Waals surface area contributed by atoms with Gasteiger partial charge in [-0.15, -0.1) is 0 Å². The van der Waals surface area contributed by atoms with Crippen LogP contribution in [0.25, 0.3) is 11.3 Å². The van der Waals surface area contributed by atoms with Crippen LogP contribution in [-0.2, 0) is 6.61 Å². The van der Waals surface area contributed by atoms with Gasteiger partial charge in [0.05, 0.1) is 25.4 Å². The minimum absolute atomic E-state index is 0.0172. The van der Waals surface area contributed by atoms with Crippen molar-refractivity contribution in [2.45, 2.75) is 19.6 Å². The SMILES string of the molecule is COc1cc(CO)cc(NC(C(=O)c2nsnc2-c2ccccc2F)c2cc(C)on2)c1. The molecule has 2 aromatic heterocycles. The van der Waals surface area contributed by atoms with Crippen LogP contribution in [0.4, 0.5) is 10.1 Å². The van der Waals surface area contributed by atoms with Crippen molar-refractivity contribution in [3.8, 4) is 17.0 Å². The maximum absolute atomic E-state index is 14.4. The minimum Gasteiger partial charge on any atom is -0.497 e. The van der Waals surface area contributed by atoms with Gasteiger partial charge in [0.15, 0.2) is 5.69 Å². The zero-order valence-electron chi connectivity index (χ0n) is 17.2. The molecule has 2 heterocycles. The van der Waals surface area contributed by atoms with Gasteiger partial charge in [-0.2, -0.15) is 8.75 Å². The molecule has 0 spiro atoms. The maximum atomic E-state index is 14.4. The van der Waals surface area contributed by atoms with Crippen LogP contribution in [0.3, 0.4) is 0 Å². The summed E-state index contributed by atoms with van der Waals surface area (Å²) in [5, 5.41) is 16.7. The van der Waals surface area contributed by atoms with Gasteiger partial charge in [0, 0.05) is 23.4 Å². The second-order valence-corrected chi connectivity index (χ2v) is 7.50. The standard InChI is InChI=1S/C22H19FN4O4S/c1-12-7-18(25-31-12)20(24-14-8-13(11-28)9-15(10-14)30-2)22(29)21-19(26-32-27-21)16-5-3-4-6-17(16)23/h3-10,20,24,28H,11H2,1-2H3. The number of aliphatic hydroxyl groups excluding tert-OH is 1. The highest BCUT2D eigenvalue weighted by Gasteiger charge is 2.31. The van der Waals surface area contributed by atoms with Gasteiger partial charge in [-0.25, -0.2) is 4.39 Å². The number of halogens is 1. The lowest BCUT2D eigenvalue weighted by molar-refractivity contribution is 0.0963. The maximum Gasteiger partial charge on any atom is 0.213 e. The third-order valence-electron chi connectivity index (χ3n) is 4.75. The number of carbonyl (C=O) groups is 1. The molecule has 4 rings (SSSR count). The molecular formula is C22H19FN4O4S. The zero-order valence-corrected chi connectivity index (χ0v) is 18.0. The molecule has 0 fully saturated rings. The summed E-state index contributed by atoms with van der Waals surface area (Å²) in [5.41, 5.74) is 1.80. The van der Waals surface area contributed by atoms with E-state index in [-0.39, 0.29) is 23.6 Å². The Morgan fingerprint density at radius 3 is 2.75 bits per heavy atom. The zero-order chi connectivity index (χ0) is 22.7. The van der Waals surface area contributed by atoms with Crippen molar-refractivity contribution >= 4 is 23.2 Å². The Morgan fingerprint density at radius 2 is 2.06 bits per heavy atom. The Morgan fingerprint density at radius 1 is 1.25 bits per heavy atom. The Bertz CT molecular complexity index is 1230. The summed E-state index contributed by atoms with van der Waals surface area (Å²) in [6, 6.07) is 11.7. The van der Waals surface area contributed by atoms with Gasteiger partial charge >= 0.3 is 0 Å². The molecule has 0 aliphatic heterocycles. The van der Waals surface area contributed by atoms with E-state index in [0.717, 1.165) is 11.7 Å². The van der Waals surface area contributed by atoms with Crippen molar-refractivity contribution in [2.24, 2.45) is 0 Å². The number of rotatable bonds is 8. The number of hydrogen-bond acceptors (Lipinski definition) is 9. The van der Waals surface area contributed by atoms with Gasteiger partial charge in [-0.05, 0) is 36.8 Å². The number of benzene rings is 2. The summed E-state index contributed by atoms with van der Waals surface area (Å²) >= 11 is 0.822. The number of Topliss-reactive ketones (excluding diaryl/α,β-unsaturated/α-hetero) is 1. The molecule has 8 nitrogen and oxygen atoms in total. The Balaban J connectivity index is 1.76. The highest BCUT2D eigenvalue weighted by Crippen LogP contribution is 2.31. The molecule has 2 aromatic carbocycles. The van der Waals surface area contributed by atoms with E-state index in [4.69, 9.17) is 9.26 Å². The first-order valence-corrected chi connectivity index (χ1v) is 10.3. The van der Waals surface area contributed by atoms with E-state index >= 15 is 0 Å². The summed E-state index contributed by atoms with van der Waals surface area (Å²) in [6.07, 6.45) is 0. The van der Waals surface area contributed by atoms with Crippen LogP contribution in [0, 0.1) is 12.7 Å². The summed E-state index contributed by atoms with van der Waals surface area (Å²) in [7, 11) is 1.51. The fourth-order valence-corrected chi connectivity index (χ4v) is 3.80. The number of anilines is 1. The monoisotopic (exact) mass is 454 g/mol. The number of aliphatic hydroxyl groups is 1. The van der Waals surface area contributed by atoms with Crippen molar-refractivity contribution in [3.63, 3.8) is 0 Å². The topological polar surface area (TPSA) is 110 Å². The van der Waals surface area contributed by atoms with Crippen LogP contribution in [0.5, 0.6) is 5.75 Å². The first-order chi connectivity index (χ1) is 15.5. The highest BCUT2D eigenvalue weighted by atomic mass is 32.1. The van der Waals surface area contributed by atoms with Crippen LogP contribution in [0.15, 0.2) is 53.1 Å². The largest absolute Gasteiger partial charge is 0.497 e. The molecule has 10 heteroatoms. The van der Waals surface area contributed by atoms with Crippen molar-refractivity contribution in [2.75, 3.05) is 12.4 Å². The van der Waals surface area contributed by atoms with Crippen LogP contribution < -0.4 is 10.1 Å². The Kier molecular flexibility index (Phi) is 6.24. The number of aromatic nitrogens is 3. The first kappa shape index (κ1) is 21.6. The average Bonchev–Trinajstić information content (AvgIpc) is 3.46. The summed E-state index contributed by atoms with van der Waals surface area (Å²) in [5.74, 6) is 0.0612. The number of hydrogen-bond donors (Lipinski definition) is 2. The number of ether oxygens (including phenoxy) is 1. The lowest BCUT2D eigenvalue weighted by Gasteiger charge is -2.17. The smallest absolute Gasteiger partial charge is 0.213 e. The number of aryl methyl sites for hydroxylation is 1. The summed E-state index contributed by atoms with van der Waals surface area (Å²) < 4.78 is 33.1. The van der Waals surface area contributed by atoms with Gasteiger partial charge in [0.1, 0.15) is 34.8 Å². The van der Waals surface area contributed by atoms with Crippen LogP contribution in [0.1, 0.15) is 33.5 Å².